The van der Waals surface area contributed by atoms with E-state index in [1.165, 1.54) is 0 Å². The van der Waals surface area contributed by atoms with Gasteiger partial charge in [0.1, 0.15) is 0 Å². The predicted molar refractivity (Wildman–Crippen MR) is 61.3 cm³/mol. The number of hydrogen-bond donors (Lipinski definition) is 3. The topological polar surface area (TPSA) is 58.6 Å². The standard InChI is InChI=1S/C9H11ClN2OS/c10-7-3-1-6(2-4-7)5-8(14)9(11)12-13/h1-4,8,13-14H,5H2,(H2,11,12). The van der Waals surface area contributed by atoms with Gasteiger partial charge in [-0.3, -0.25) is 0 Å². The van der Waals surface area contributed by atoms with Crippen molar-refractivity contribution in [1.82, 2.24) is 0 Å². The third-order valence-corrected chi connectivity index (χ3v) is 2.50. The van der Waals surface area contributed by atoms with E-state index in [4.69, 9.17) is 22.5 Å². The fourth-order valence-corrected chi connectivity index (χ4v) is 1.40. The fraction of sp³-hybridized carbons (Fsp3) is 0.222. The molecule has 1 unspecified atom stereocenters. The highest BCUT2D eigenvalue weighted by Crippen LogP contribution is 2.12. The second-order valence-corrected chi connectivity index (χ2v) is 3.93. The van der Waals surface area contributed by atoms with E-state index in [2.05, 4.69) is 17.8 Å². The quantitative estimate of drug-likeness (QED) is 0.244. The Labute approximate surface area is 93.0 Å². The van der Waals surface area contributed by atoms with Crippen molar-refractivity contribution in [2.24, 2.45) is 10.9 Å². The maximum absolute atomic E-state index is 8.42. The average Bonchev–Trinajstić information content (AvgIpc) is 2.20. The molecule has 0 spiro atoms. The second-order valence-electron chi connectivity index (χ2n) is 2.87. The molecule has 0 bridgehead atoms. The van der Waals surface area contributed by atoms with Crippen LogP contribution in [-0.2, 0) is 6.42 Å². The molecule has 0 radical (unpaired) electrons. The summed E-state index contributed by atoms with van der Waals surface area (Å²) in [6, 6.07) is 7.36. The number of thiol groups is 1. The highest BCUT2D eigenvalue weighted by atomic mass is 35.5. The van der Waals surface area contributed by atoms with E-state index in [1.54, 1.807) is 12.1 Å². The Morgan fingerprint density at radius 1 is 1.50 bits per heavy atom. The first-order chi connectivity index (χ1) is 6.63. The summed E-state index contributed by atoms with van der Waals surface area (Å²) in [5, 5.41) is 11.7. The zero-order chi connectivity index (χ0) is 10.6. The van der Waals surface area contributed by atoms with E-state index in [9.17, 15) is 0 Å². The molecule has 1 atom stereocenters. The molecule has 0 saturated carbocycles. The highest BCUT2D eigenvalue weighted by molar-refractivity contribution is 7.81. The lowest BCUT2D eigenvalue weighted by Gasteiger charge is -2.08. The largest absolute Gasteiger partial charge is 0.409 e. The molecule has 0 heterocycles. The van der Waals surface area contributed by atoms with Crippen molar-refractivity contribution in [1.29, 1.82) is 0 Å². The Morgan fingerprint density at radius 2 is 2.07 bits per heavy atom. The van der Waals surface area contributed by atoms with Gasteiger partial charge in [-0.25, -0.2) is 0 Å². The minimum Gasteiger partial charge on any atom is -0.409 e. The van der Waals surface area contributed by atoms with Crippen molar-refractivity contribution in [3.05, 3.63) is 34.9 Å². The molecule has 0 amide bonds. The van der Waals surface area contributed by atoms with Crippen molar-refractivity contribution in [2.45, 2.75) is 11.7 Å². The molecule has 5 heteroatoms. The maximum Gasteiger partial charge on any atom is 0.152 e. The van der Waals surface area contributed by atoms with E-state index < -0.39 is 0 Å². The zero-order valence-corrected chi connectivity index (χ0v) is 9.04. The molecular formula is C9H11ClN2OS. The van der Waals surface area contributed by atoms with Crippen LogP contribution in [0.1, 0.15) is 5.56 Å². The molecule has 14 heavy (non-hydrogen) atoms. The summed E-state index contributed by atoms with van der Waals surface area (Å²) in [7, 11) is 0. The number of benzene rings is 1. The van der Waals surface area contributed by atoms with Gasteiger partial charge in [-0.15, -0.1) is 0 Å². The van der Waals surface area contributed by atoms with Crippen LogP contribution in [0.25, 0.3) is 0 Å². The van der Waals surface area contributed by atoms with Gasteiger partial charge in [0, 0.05) is 5.02 Å². The van der Waals surface area contributed by atoms with Crippen LogP contribution in [0.15, 0.2) is 29.4 Å². The first-order valence-corrected chi connectivity index (χ1v) is 4.93. The summed E-state index contributed by atoms with van der Waals surface area (Å²) in [6.45, 7) is 0. The molecule has 0 aliphatic rings. The van der Waals surface area contributed by atoms with Crippen LogP contribution in [0.3, 0.4) is 0 Å². The van der Waals surface area contributed by atoms with Gasteiger partial charge in [0.25, 0.3) is 0 Å². The van der Waals surface area contributed by atoms with Crippen molar-refractivity contribution in [3.8, 4) is 0 Å². The third-order valence-electron chi connectivity index (χ3n) is 1.80. The summed E-state index contributed by atoms with van der Waals surface area (Å²) >= 11 is 9.92. The number of nitrogens with zero attached hydrogens (tertiary/aromatic N) is 1. The molecule has 1 aromatic rings. The van der Waals surface area contributed by atoms with E-state index in [0.717, 1.165) is 5.56 Å². The van der Waals surface area contributed by atoms with Crippen LogP contribution in [0, 0.1) is 0 Å². The molecule has 0 aliphatic heterocycles. The summed E-state index contributed by atoms with van der Waals surface area (Å²) in [5.41, 5.74) is 6.43. The maximum atomic E-state index is 8.42. The molecule has 0 saturated heterocycles. The average molecular weight is 231 g/mol. The second kappa shape index (κ2) is 5.12. The first-order valence-electron chi connectivity index (χ1n) is 4.03. The lowest BCUT2D eigenvalue weighted by atomic mass is 10.1. The molecule has 1 aromatic carbocycles. The van der Waals surface area contributed by atoms with Crippen LogP contribution in [0.4, 0.5) is 0 Å². The smallest absolute Gasteiger partial charge is 0.152 e. The Kier molecular flexibility index (Phi) is 4.10. The van der Waals surface area contributed by atoms with E-state index in [0.29, 0.717) is 11.4 Å². The first kappa shape index (κ1) is 11.2. The molecule has 0 aliphatic carbocycles. The molecule has 0 aromatic heterocycles. The van der Waals surface area contributed by atoms with Crippen LogP contribution in [0.5, 0.6) is 0 Å². The Hall–Kier alpha value is -0.870. The van der Waals surface area contributed by atoms with Crippen LogP contribution >= 0.6 is 24.2 Å². The van der Waals surface area contributed by atoms with Crippen LogP contribution in [-0.4, -0.2) is 16.3 Å². The number of oxime groups is 1. The van der Waals surface area contributed by atoms with Crippen molar-refractivity contribution >= 4 is 30.1 Å². The summed E-state index contributed by atoms with van der Waals surface area (Å²) in [5.74, 6) is 0.114. The Morgan fingerprint density at radius 3 is 2.57 bits per heavy atom. The van der Waals surface area contributed by atoms with Crippen LogP contribution in [0.2, 0.25) is 5.02 Å². The van der Waals surface area contributed by atoms with Crippen molar-refractivity contribution < 1.29 is 5.21 Å². The van der Waals surface area contributed by atoms with E-state index >= 15 is 0 Å². The van der Waals surface area contributed by atoms with Gasteiger partial charge in [-0.1, -0.05) is 28.9 Å². The van der Waals surface area contributed by atoms with E-state index in [-0.39, 0.29) is 11.1 Å². The molecule has 1 rings (SSSR count). The number of halogens is 1. The van der Waals surface area contributed by atoms with Gasteiger partial charge in [-0.05, 0) is 24.1 Å². The number of hydrogen-bond acceptors (Lipinski definition) is 3. The lowest BCUT2D eigenvalue weighted by molar-refractivity contribution is 0.317. The normalized spacial score (nSPS) is 14.0. The number of rotatable bonds is 3. The van der Waals surface area contributed by atoms with Gasteiger partial charge in [-0.2, -0.15) is 12.6 Å². The van der Waals surface area contributed by atoms with Gasteiger partial charge in [0.2, 0.25) is 0 Å². The minimum atomic E-state index is -0.277. The lowest BCUT2D eigenvalue weighted by Crippen LogP contribution is -2.26. The molecule has 3 nitrogen and oxygen atoms in total. The summed E-state index contributed by atoms with van der Waals surface area (Å²) in [4.78, 5) is 0. The zero-order valence-electron chi connectivity index (χ0n) is 7.39. The monoisotopic (exact) mass is 230 g/mol. The molecule has 76 valence electrons. The van der Waals surface area contributed by atoms with Gasteiger partial charge < -0.3 is 10.9 Å². The fourth-order valence-electron chi connectivity index (χ4n) is 1.01. The van der Waals surface area contributed by atoms with Gasteiger partial charge in [0.05, 0.1) is 5.25 Å². The third kappa shape index (κ3) is 3.12. The van der Waals surface area contributed by atoms with E-state index in [1.807, 2.05) is 12.1 Å². The predicted octanol–water partition coefficient (Wildman–Crippen LogP) is 1.93. The Balaban J connectivity index is 2.65. The Bertz CT molecular complexity index is 326. The highest BCUT2D eigenvalue weighted by Gasteiger charge is 2.09. The molecule has 3 N–H and O–H groups in total. The summed E-state index contributed by atoms with van der Waals surface area (Å²) in [6.07, 6.45) is 0.607. The number of amidine groups is 1. The van der Waals surface area contributed by atoms with Gasteiger partial charge >= 0.3 is 0 Å². The van der Waals surface area contributed by atoms with Crippen LogP contribution < -0.4 is 5.73 Å². The minimum absolute atomic E-state index is 0.114. The number of nitrogens with two attached hydrogens (primary N) is 1. The van der Waals surface area contributed by atoms with Crippen molar-refractivity contribution in [2.75, 3.05) is 0 Å². The SMILES string of the molecule is NC(=NO)C(S)Cc1ccc(Cl)cc1. The molecule has 0 fully saturated rings. The molecular weight excluding hydrogens is 220 g/mol. The summed E-state index contributed by atoms with van der Waals surface area (Å²) < 4.78 is 0. The van der Waals surface area contributed by atoms with Gasteiger partial charge in [0.15, 0.2) is 5.84 Å². The van der Waals surface area contributed by atoms with Crippen molar-refractivity contribution in [3.63, 3.8) is 0 Å².